The summed E-state index contributed by atoms with van der Waals surface area (Å²) in [6.07, 6.45) is 3.20. The van der Waals surface area contributed by atoms with Crippen LogP contribution in [0.5, 0.6) is 5.75 Å². The Morgan fingerprint density at radius 1 is 1.14 bits per heavy atom. The number of nitrogens with zero attached hydrogens (tertiary/aromatic N) is 1. The highest BCUT2D eigenvalue weighted by molar-refractivity contribution is 6.05. The summed E-state index contributed by atoms with van der Waals surface area (Å²) in [5.41, 5.74) is 3.64. The zero-order valence-electron chi connectivity index (χ0n) is 16.2. The van der Waals surface area contributed by atoms with E-state index in [9.17, 15) is 9.59 Å². The molecule has 0 fully saturated rings. The van der Waals surface area contributed by atoms with E-state index in [1.54, 1.807) is 23.1 Å². The van der Waals surface area contributed by atoms with Crippen LogP contribution in [-0.4, -0.2) is 25.0 Å². The first kappa shape index (κ1) is 18.8. The van der Waals surface area contributed by atoms with Gasteiger partial charge in [-0.2, -0.15) is 0 Å². The van der Waals surface area contributed by atoms with Gasteiger partial charge in [0.05, 0.1) is 6.26 Å². The summed E-state index contributed by atoms with van der Waals surface area (Å²) in [4.78, 5) is 26.7. The molecule has 2 amide bonds. The number of anilines is 2. The first-order valence-corrected chi connectivity index (χ1v) is 9.58. The Bertz CT molecular complexity index is 1030. The first-order chi connectivity index (χ1) is 14.1. The number of hydrogen-bond acceptors (Lipinski definition) is 4. The minimum atomic E-state index is -0.231. The second-order valence-electron chi connectivity index (χ2n) is 7.03. The minimum absolute atomic E-state index is 0.0658. The molecule has 148 valence electrons. The van der Waals surface area contributed by atoms with Crippen molar-refractivity contribution in [3.8, 4) is 5.75 Å². The number of aryl methyl sites for hydroxylation is 2. The van der Waals surface area contributed by atoms with Crippen LogP contribution in [0, 0.1) is 6.92 Å². The van der Waals surface area contributed by atoms with Crippen LogP contribution in [0.25, 0.3) is 0 Å². The molecular weight excluding hydrogens is 368 g/mol. The molecule has 0 saturated heterocycles. The number of carbonyl (C=O) groups excluding carboxylic acids is 2. The van der Waals surface area contributed by atoms with Crippen LogP contribution in [0.15, 0.2) is 65.3 Å². The van der Waals surface area contributed by atoms with Crippen LogP contribution in [0.3, 0.4) is 0 Å². The third-order valence-electron chi connectivity index (χ3n) is 4.82. The highest BCUT2D eigenvalue weighted by atomic mass is 16.5. The maximum atomic E-state index is 12.7. The fraction of sp³-hybridized carbons (Fsp3) is 0.217. The number of benzene rings is 2. The lowest BCUT2D eigenvalue weighted by molar-refractivity contribution is -0.118. The maximum absolute atomic E-state index is 12.7. The van der Waals surface area contributed by atoms with Crippen LogP contribution in [0.2, 0.25) is 0 Å². The molecule has 0 atom stereocenters. The smallest absolute Gasteiger partial charge is 0.293 e. The summed E-state index contributed by atoms with van der Waals surface area (Å²) in [5.74, 6) is 0.603. The number of rotatable bonds is 5. The van der Waals surface area contributed by atoms with E-state index in [0.717, 1.165) is 29.7 Å². The molecule has 29 heavy (non-hydrogen) atoms. The van der Waals surface area contributed by atoms with Crippen molar-refractivity contribution in [2.24, 2.45) is 0 Å². The quantitative estimate of drug-likeness (QED) is 0.709. The van der Waals surface area contributed by atoms with E-state index >= 15 is 0 Å². The molecule has 0 spiro atoms. The van der Waals surface area contributed by atoms with Crippen LogP contribution in [-0.2, 0) is 11.2 Å². The Morgan fingerprint density at radius 2 is 2.03 bits per heavy atom. The fourth-order valence-electron chi connectivity index (χ4n) is 3.47. The number of amides is 2. The second kappa shape index (κ2) is 8.22. The molecule has 0 aliphatic carbocycles. The van der Waals surface area contributed by atoms with E-state index in [4.69, 9.17) is 9.15 Å². The summed E-state index contributed by atoms with van der Waals surface area (Å²) in [6.45, 7) is 2.55. The molecule has 1 aliphatic heterocycles. The number of furan rings is 1. The molecule has 0 unspecified atom stereocenters. The number of ether oxygens (including phenoxy) is 1. The molecule has 0 bridgehead atoms. The average Bonchev–Trinajstić information content (AvgIpc) is 3.26. The third kappa shape index (κ3) is 4.32. The molecule has 0 radical (unpaired) electrons. The van der Waals surface area contributed by atoms with Gasteiger partial charge in [0.25, 0.3) is 11.8 Å². The van der Waals surface area contributed by atoms with Crippen molar-refractivity contribution in [1.82, 2.24) is 0 Å². The average molecular weight is 390 g/mol. The van der Waals surface area contributed by atoms with Crippen molar-refractivity contribution in [2.75, 3.05) is 23.4 Å². The van der Waals surface area contributed by atoms with Crippen molar-refractivity contribution in [1.29, 1.82) is 0 Å². The molecule has 1 N–H and O–H groups in total. The zero-order chi connectivity index (χ0) is 20.2. The third-order valence-corrected chi connectivity index (χ3v) is 4.82. The van der Waals surface area contributed by atoms with Crippen molar-refractivity contribution < 1.29 is 18.7 Å². The van der Waals surface area contributed by atoms with Crippen molar-refractivity contribution in [3.05, 3.63) is 77.7 Å². The first-order valence-electron chi connectivity index (χ1n) is 9.58. The number of nitrogens with one attached hydrogen (secondary N) is 1. The lowest BCUT2D eigenvalue weighted by Crippen LogP contribution is -2.35. The van der Waals surface area contributed by atoms with E-state index in [1.807, 2.05) is 43.3 Å². The molecule has 4 rings (SSSR count). The van der Waals surface area contributed by atoms with E-state index in [1.165, 1.54) is 6.26 Å². The topological polar surface area (TPSA) is 71.8 Å². The van der Waals surface area contributed by atoms with Crippen LogP contribution in [0.4, 0.5) is 11.4 Å². The summed E-state index contributed by atoms with van der Waals surface area (Å²) in [5, 5.41) is 2.86. The Labute approximate surface area is 169 Å². The van der Waals surface area contributed by atoms with Gasteiger partial charge in [-0.1, -0.05) is 12.1 Å². The van der Waals surface area contributed by atoms with E-state index in [2.05, 4.69) is 5.32 Å². The van der Waals surface area contributed by atoms with Gasteiger partial charge in [-0.15, -0.1) is 0 Å². The van der Waals surface area contributed by atoms with Gasteiger partial charge < -0.3 is 19.4 Å². The highest BCUT2D eigenvalue weighted by Crippen LogP contribution is 2.31. The maximum Gasteiger partial charge on any atom is 0.293 e. The monoisotopic (exact) mass is 390 g/mol. The second-order valence-corrected chi connectivity index (χ2v) is 7.03. The van der Waals surface area contributed by atoms with Crippen molar-refractivity contribution >= 4 is 23.2 Å². The van der Waals surface area contributed by atoms with E-state index in [-0.39, 0.29) is 18.4 Å². The molecule has 2 heterocycles. The molecule has 6 nitrogen and oxygen atoms in total. The SMILES string of the molecule is Cc1cccc(OCC(=O)Nc2ccc3c(c2)CCCN3C(=O)c2ccco2)c1. The molecule has 0 saturated carbocycles. The van der Waals surface area contributed by atoms with Gasteiger partial charge in [-0.25, -0.2) is 0 Å². The molecule has 6 heteroatoms. The van der Waals surface area contributed by atoms with E-state index < -0.39 is 0 Å². The molecule has 3 aromatic rings. The van der Waals surface area contributed by atoms with Gasteiger partial charge in [0.1, 0.15) is 5.75 Å². The predicted molar refractivity (Wildman–Crippen MR) is 110 cm³/mol. The minimum Gasteiger partial charge on any atom is -0.484 e. The largest absolute Gasteiger partial charge is 0.484 e. The van der Waals surface area contributed by atoms with Gasteiger partial charge in [-0.3, -0.25) is 9.59 Å². The summed E-state index contributed by atoms with van der Waals surface area (Å²) < 4.78 is 10.8. The normalized spacial score (nSPS) is 12.9. The Balaban J connectivity index is 1.42. The fourth-order valence-corrected chi connectivity index (χ4v) is 3.47. The van der Waals surface area contributed by atoms with E-state index in [0.29, 0.717) is 23.7 Å². The molecule has 1 aromatic heterocycles. The van der Waals surface area contributed by atoms with Gasteiger partial charge in [-0.05, 0) is 73.4 Å². The summed E-state index contributed by atoms with van der Waals surface area (Å²) in [6, 6.07) is 16.5. The molecular formula is C23H22N2O4. The standard InChI is InChI=1S/C23H22N2O4/c1-16-5-2-7-19(13-16)29-15-22(26)24-18-9-10-20-17(14-18)6-3-11-25(20)23(27)21-8-4-12-28-21/h2,4-5,7-10,12-14H,3,6,11,15H2,1H3,(H,24,26). The highest BCUT2D eigenvalue weighted by Gasteiger charge is 2.25. The van der Waals surface area contributed by atoms with Gasteiger partial charge in [0.2, 0.25) is 0 Å². The Kier molecular flexibility index (Phi) is 5.33. The summed E-state index contributed by atoms with van der Waals surface area (Å²) >= 11 is 0. The predicted octanol–water partition coefficient (Wildman–Crippen LogP) is 4.20. The Morgan fingerprint density at radius 3 is 2.83 bits per heavy atom. The molecule has 2 aromatic carbocycles. The summed E-state index contributed by atoms with van der Waals surface area (Å²) in [7, 11) is 0. The Hall–Kier alpha value is -3.54. The lowest BCUT2D eigenvalue weighted by atomic mass is 10.0. The van der Waals surface area contributed by atoms with Gasteiger partial charge in [0, 0.05) is 17.9 Å². The van der Waals surface area contributed by atoms with Crippen molar-refractivity contribution in [2.45, 2.75) is 19.8 Å². The van der Waals surface area contributed by atoms with Crippen LogP contribution >= 0.6 is 0 Å². The zero-order valence-corrected chi connectivity index (χ0v) is 16.2. The van der Waals surface area contributed by atoms with Gasteiger partial charge >= 0.3 is 0 Å². The number of hydrogen-bond donors (Lipinski definition) is 1. The van der Waals surface area contributed by atoms with Gasteiger partial charge in [0.15, 0.2) is 12.4 Å². The number of fused-ring (bicyclic) bond motifs is 1. The van der Waals surface area contributed by atoms with Crippen LogP contribution in [0.1, 0.15) is 28.1 Å². The number of carbonyl (C=O) groups is 2. The van der Waals surface area contributed by atoms with Crippen LogP contribution < -0.4 is 15.0 Å². The molecule has 1 aliphatic rings. The van der Waals surface area contributed by atoms with Crippen molar-refractivity contribution in [3.63, 3.8) is 0 Å². The lowest BCUT2D eigenvalue weighted by Gasteiger charge is -2.29.